The van der Waals surface area contributed by atoms with Crippen molar-refractivity contribution in [2.45, 2.75) is 51.5 Å². The summed E-state index contributed by atoms with van der Waals surface area (Å²) in [6.07, 6.45) is 7.14. The number of nitrogens with zero attached hydrogens (tertiary/aromatic N) is 5. The van der Waals surface area contributed by atoms with Crippen LogP contribution in [0.3, 0.4) is 0 Å². The van der Waals surface area contributed by atoms with Gasteiger partial charge >= 0.3 is 0 Å². The van der Waals surface area contributed by atoms with Crippen molar-refractivity contribution in [2.75, 3.05) is 46.9 Å². The molecule has 0 saturated carbocycles. The number of piperidine rings is 2. The third-order valence-electron chi connectivity index (χ3n) is 7.70. The van der Waals surface area contributed by atoms with Crippen LogP contribution in [0.15, 0.2) is 36.5 Å². The van der Waals surface area contributed by atoms with Gasteiger partial charge in [-0.15, -0.1) is 5.10 Å². The third-order valence-corrected chi connectivity index (χ3v) is 7.70. The van der Waals surface area contributed by atoms with Gasteiger partial charge in [-0.3, -0.25) is 0 Å². The highest BCUT2D eigenvalue weighted by molar-refractivity contribution is 5.63. The lowest BCUT2D eigenvalue weighted by molar-refractivity contribution is 0.0828. The summed E-state index contributed by atoms with van der Waals surface area (Å²) in [7, 11) is 3.29. The Hall–Kier alpha value is -2.64. The van der Waals surface area contributed by atoms with Crippen molar-refractivity contribution in [2.24, 2.45) is 5.92 Å². The van der Waals surface area contributed by atoms with Gasteiger partial charge in [0.15, 0.2) is 23.0 Å². The number of hydrogen-bond acceptors (Lipinski definition) is 6. The van der Waals surface area contributed by atoms with Crippen LogP contribution in [0, 0.1) is 5.92 Å². The standard InChI is InChI=1S/C28H39N5O2/c1-20(2)19-31-12-10-24(11-13-31)32-14-7-21(8-15-32)22-9-16-33-27(18-22)29-28(30-33)23-5-6-25(34-3)26(17-23)35-4/h5-6,9,16-18,20-21,24H,7-8,10-15,19H2,1-4H3. The van der Waals surface area contributed by atoms with Gasteiger partial charge in [-0.05, 0) is 99.6 Å². The zero-order chi connectivity index (χ0) is 24.4. The SMILES string of the molecule is COc1ccc(-c2nc3cc(C4CCN(C5CCN(CC(C)C)CC5)CC4)ccn3n2)cc1OC. The second kappa shape index (κ2) is 10.5. The van der Waals surface area contributed by atoms with E-state index in [1.165, 1.54) is 64.0 Å². The maximum absolute atomic E-state index is 5.45. The summed E-state index contributed by atoms with van der Waals surface area (Å²) in [5, 5.41) is 4.69. The van der Waals surface area contributed by atoms with E-state index >= 15 is 0 Å². The predicted octanol–water partition coefficient (Wildman–Crippen LogP) is 4.71. The van der Waals surface area contributed by atoms with E-state index in [-0.39, 0.29) is 0 Å². The molecule has 3 aromatic rings. The second-order valence-corrected chi connectivity index (χ2v) is 10.5. The molecule has 0 radical (unpaired) electrons. The molecule has 0 N–H and O–H groups in total. The maximum atomic E-state index is 5.45. The zero-order valence-corrected chi connectivity index (χ0v) is 21.6. The van der Waals surface area contributed by atoms with Gasteiger partial charge in [-0.1, -0.05) is 13.8 Å². The molecule has 7 nitrogen and oxygen atoms in total. The van der Waals surface area contributed by atoms with Crippen LogP contribution in [0.4, 0.5) is 0 Å². The predicted molar refractivity (Wildman–Crippen MR) is 139 cm³/mol. The minimum atomic E-state index is 0.596. The fraction of sp³-hybridized carbons (Fsp3) is 0.571. The molecule has 2 saturated heterocycles. The lowest BCUT2D eigenvalue weighted by atomic mass is 9.88. The second-order valence-electron chi connectivity index (χ2n) is 10.5. The van der Waals surface area contributed by atoms with Gasteiger partial charge in [0.05, 0.1) is 14.2 Å². The number of fused-ring (bicyclic) bond motifs is 1. The number of ether oxygens (including phenoxy) is 2. The van der Waals surface area contributed by atoms with Crippen molar-refractivity contribution in [1.29, 1.82) is 0 Å². The van der Waals surface area contributed by atoms with Gasteiger partial charge in [0.25, 0.3) is 0 Å². The first-order valence-electron chi connectivity index (χ1n) is 13.1. The number of methoxy groups -OCH3 is 2. The number of benzene rings is 1. The van der Waals surface area contributed by atoms with Crippen molar-refractivity contribution in [3.05, 3.63) is 42.1 Å². The summed E-state index contributed by atoms with van der Waals surface area (Å²) in [6.45, 7) is 10.8. The lowest BCUT2D eigenvalue weighted by Gasteiger charge is -2.42. The average Bonchev–Trinajstić information content (AvgIpc) is 3.32. The Morgan fingerprint density at radius 3 is 2.34 bits per heavy atom. The van der Waals surface area contributed by atoms with Crippen LogP contribution in [-0.2, 0) is 0 Å². The molecule has 35 heavy (non-hydrogen) atoms. The molecule has 7 heteroatoms. The molecule has 2 fully saturated rings. The molecule has 188 valence electrons. The summed E-state index contributed by atoms with van der Waals surface area (Å²) in [4.78, 5) is 10.2. The van der Waals surface area contributed by atoms with Crippen LogP contribution in [-0.4, -0.2) is 77.4 Å². The first-order valence-corrected chi connectivity index (χ1v) is 13.1. The fourth-order valence-corrected chi connectivity index (χ4v) is 5.83. The molecule has 1 aromatic carbocycles. The Bertz CT molecular complexity index is 1130. The van der Waals surface area contributed by atoms with Crippen LogP contribution in [0.2, 0.25) is 0 Å². The molecule has 0 amide bonds. The topological polar surface area (TPSA) is 55.1 Å². The van der Waals surface area contributed by atoms with E-state index in [1.807, 2.05) is 22.7 Å². The first-order chi connectivity index (χ1) is 17.0. The summed E-state index contributed by atoms with van der Waals surface area (Å²) < 4.78 is 12.7. The quantitative estimate of drug-likeness (QED) is 0.491. The minimum absolute atomic E-state index is 0.596. The zero-order valence-electron chi connectivity index (χ0n) is 21.6. The third kappa shape index (κ3) is 5.31. The van der Waals surface area contributed by atoms with Crippen molar-refractivity contribution >= 4 is 5.65 Å². The van der Waals surface area contributed by atoms with E-state index < -0.39 is 0 Å². The van der Waals surface area contributed by atoms with Crippen LogP contribution < -0.4 is 9.47 Å². The molecule has 0 atom stereocenters. The molecular formula is C28H39N5O2. The Labute approximate surface area is 209 Å². The minimum Gasteiger partial charge on any atom is -0.493 e. The maximum Gasteiger partial charge on any atom is 0.182 e. The Morgan fingerprint density at radius 2 is 1.66 bits per heavy atom. The summed E-state index contributed by atoms with van der Waals surface area (Å²) in [5.74, 6) is 3.44. The van der Waals surface area contributed by atoms with Crippen molar-refractivity contribution in [1.82, 2.24) is 24.4 Å². The van der Waals surface area contributed by atoms with E-state index in [4.69, 9.17) is 19.6 Å². The van der Waals surface area contributed by atoms with Gasteiger partial charge in [0.1, 0.15) is 0 Å². The van der Waals surface area contributed by atoms with Crippen LogP contribution >= 0.6 is 0 Å². The van der Waals surface area contributed by atoms with Crippen LogP contribution in [0.25, 0.3) is 17.0 Å². The smallest absolute Gasteiger partial charge is 0.182 e. The molecular weight excluding hydrogens is 438 g/mol. The summed E-state index contributed by atoms with van der Waals surface area (Å²) >= 11 is 0. The molecule has 4 heterocycles. The van der Waals surface area contributed by atoms with Crippen molar-refractivity contribution in [3.8, 4) is 22.9 Å². The van der Waals surface area contributed by atoms with Gasteiger partial charge in [-0.25, -0.2) is 9.50 Å². The number of likely N-dealkylation sites (tertiary alicyclic amines) is 2. The molecule has 2 aliphatic heterocycles. The molecule has 5 rings (SSSR count). The Balaban J connectivity index is 1.22. The van der Waals surface area contributed by atoms with Crippen LogP contribution in [0.5, 0.6) is 11.5 Å². The number of aromatic nitrogens is 3. The van der Waals surface area contributed by atoms with Gasteiger partial charge in [0, 0.05) is 24.3 Å². The highest BCUT2D eigenvalue weighted by Crippen LogP contribution is 2.33. The van der Waals surface area contributed by atoms with E-state index in [9.17, 15) is 0 Å². The Kier molecular flexibility index (Phi) is 7.25. The van der Waals surface area contributed by atoms with Gasteiger partial charge < -0.3 is 19.3 Å². The Morgan fingerprint density at radius 1 is 0.914 bits per heavy atom. The van der Waals surface area contributed by atoms with Gasteiger partial charge in [0.2, 0.25) is 0 Å². The number of rotatable bonds is 7. The molecule has 0 aliphatic carbocycles. The van der Waals surface area contributed by atoms with E-state index in [2.05, 4.69) is 42.0 Å². The number of pyridine rings is 1. The highest BCUT2D eigenvalue weighted by Gasteiger charge is 2.29. The molecule has 0 bridgehead atoms. The normalized spacial score (nSPS) is 19.0. The monoisotopic (exact) mass is 477 g/mol. The van der Waals surface area contributed by atoms with E-state index in [0.29, 0.717) is 23.2 Å². The van der Waals surface area contributed by atoms with E-state index in [0.717, 1.165) is 23.2 Å². The molecule has 2 aliphatic rings. The summed E-state index contributed by atoms with van der Waals surface area (Å²) in [5.41, 5.74) is 3.20. The fourth-order valence-electron chi connectivity index (χ4n) is 5.83. The van der Waals surface area contributed by atoms with Gasteiger partial charge in [-0.2, -0.15) is 0 Å². The molecule has 0 unspecified atom stereocenters. The van der Waals surface area contributed by atoms with Crippen molar-refractivity contribution < 1.29 is 9.47 Å². The first kappa shape index (κ1) is 24.1. The van der Waals surface area contributed by atoms with E-state index in [1.54, 1.807) is 14.2 Å². The number of hydrogen-bond donors (Lipinski definition) is 0. The lowest BCUT2D eigenvalue weighted by Crippen LogP contribution is -2.48. The summed E-state index contributed by atoms with van der Waals surface area (Å²) in [6, 6.07) is 11.0. The molecule has 2 aromatic heterocycles. The average molecular weight is 478 g/mol. The van der Waals surface area contributed by atoms with Crippen molar-refractivity contribution in [3.63, 3.8) is 0 Å². The largest absolute Gasteiger partial charge is 0.493 e. The van der Waals surface area contributed by atoms with Crippen LogP contribution in [0.1, 0.15) is 51.0 Å². The molecule has 0 spiro atoms. The highest BCUT2D eigenvalue weighted by atomic mass is 16.5.